The van der Waals surface area contributed by atoms with Crippen molar-refractivity contribution < 1.29 is 55.1 Å². The van der Waals surface area contributed by atoms with Crippen LogP contribution in [0.2, 0.25) is 0 Å². The molecular formula is C113H130F6N24O6. The number of pyridine rings is 6. The number of benzene rings is 3. The quantitative estimate of drug-likeness (QED) is 0.0501. The number of nitrogens with zero attached hydrogens (tertiary/aromatic N) is 21. The van der Waals surface area contributed by atoms with Crippen LogP contribution >= 0.6 is 0 Å². The number of hydrogen-bond donors (Lipinski definition) is 3. The Kier molecular flexibility index (Phi) is 26.3. The summed E-state index contributed by atoms with van der Waals surface area (Å²) in [5.74, 6) is -2.29. The van der Waals surface area contributed by atoms with Gasteiger partial charge in [-0.15, -0.1) is 0 Å². The van der Waals surface area contributed by atoms with Gasteiger partial charge in [-0.2, -0.15) is 13.8 Å². The van der Waals surface area contributed by atoms with E-state index in [1.165, 1.54) is 50.8 Å². The molecule has 10 fully saturated rings. The molecule has 0 radical (unpaired) electrons. The Balaban J connectivity index is 0.000000123. The first kappa shape index (κ1) is 99.4. The number of anilines is 9. The molecule has 12 aromatic rings. The second-order valence-electron chi connectivity index (χ2n) is 44.8. The largest absolute Gasteiger partial charge is 0.378 e. The van der Waals surface area contributed by atoms with Gasteiger partial charge in [-0.25, -0.2) is 52.4 Å². The highest BCUT2D eigenvalue weighted by atomic mass is 19.2. The van der Waals surface area contributed by atoms with Gasteiger partial charge in [0.2, 0.25) is 41.4 Å². The van der Waals surface area contributed by atoms with Crippen LogP contribution in [-0.4, -0.2) is 257 Å². The van der Waals surface area contributed by atoms with E-state index in [-0.39, 0.29) is 89.0 Å². The first-order chi connectivity index (χ1) is 71.8. The Labute approximate surface area is 862 Å². The van der Waals surface area contributed by atoms with Crippen molar-refractivity contribution in [3.05, 3.63) is 181 Å². The predicted molar refractivity (Wildman–Crippen MR) is 560 cm³/mol. The van der Waals surface area contributed by atoms with Crippen LogP contribution in [0.4, 0.5) is 78.1 Å². The van der Waals surface area contributed by atoms with Crippen LogP contribution in [0.25, 0.3) is 66.9 Å². The number of aromatic nitrogens is 12. The van der Waals surface area contributed by atoms with Gasteiger partial charge < -0.3 is 68.7 Å². The number of fused-ring (bicyclic) bond motifs is 9. The molecule has 5 amide bonds. The maximum absolute atomic E-state index is 15.0. The molecule has 36 heteroatoms. The number of piperidine rings is 6. The number of alkyl halides is 1. The van der Waals surface area contributed by atoms with E-state index in [9.17, 15) is 45.9 Å². The highest BCUT2D eigenvalue weighted by molar-refractivity contribution is 6.12. The molecule has 25 rings (SSSR count). The van der Waals surface area contributed by atoms with Crippen molar-refractivity contribution >= 4 is 114 Å². The summed E-state index contributed by atoms with van der Waals surface area (Å²) in [6.07, 6.45) is 27.4. The molecule has 19 heterocycles. The molecule has 0 bridgehead atoms. The van der Waals surface area contributed by atoms with Crippen molar-refractivity contribution in [2.75, 3.05) is 122 Å². The average molecular weight is 2030 g/mol. The summed E-state index contributed by atoms with van der Waals surface area (Å²) >= 11 is 0. The lowest BCUT2D eigenvalue weighted by atomic mass is 9.73. The van der Waals surface area contributed by atoms with E-state index in [2.05, 4.69) is 131 Å². The van der Waals surface area contributed by atoms with E-state index in [0.29, 0.717) is 140 Å². The molecule has 3 aliphatic carbocycles. The number of likely N-dealkylation sites (tertiary alicyclic amines) is 6. The maximum Gasteiger partial charge on any atom is 0.239 e. The zero-order chi connectivity index (χ0) is 103. The number of hydrogen-bond acceptors (Lipinski definition) is 22. The number of amides is 5. The second-order valence-corrected chi connectivity index (χ2v) is 44.8. The molecule has 13 aliphatic rings. The Bertz CT molecular complexity index is 6910. The van der Waals surface area contributed by atoms with E-state index in [0.717, 1.165) is 197 Å². The number of nitrogens with one attached hydrogen (secondary N) is 3. The van der Waals surface area contributed by atoms with Crippen molar-refractivity contribution in [2.24, 2.45) is 0 Å². The van der Waals surface area contributed by atoms with Crippen LogP contribution in [0, 0.1) is 29.3 Å². The number of halogens is 6. The number of imidazole rings is 3. The monoisotopic (exact) mass is 2030 g/mol. The molecule has 30 nitrogen and oxygen atoms in total. The lowest BCUT2D eigenvalue weighted by molar-refractivity contribution is -0.134. The molecule has 9 aromatic heterocycles. The lowest BCUT2D eigenvalue weighted by Crippen LogP contribution is -2.60. The van der Waals surface area contributed by atoms with Crippen molar-refractivity contribution in [1.82, 2.24) is 88.0 Å². The first-order valence-corrected chi connectivity index (χ1v) is 53.7. The minimum atomic E-state index is -1.16. The van der Waals surface area contributed by atoms with E-state index in [1.807, 2.05) is 81.5 Å². The third-order valence-corrected chi connectivity index (χ3v) is 34.8. The topological polar surface area (TPSA) is 291 Å². The lowest BCUT2D eigenvalue weighted by Gasteiger charge is -2.50. The third-order valence-electron chi connectivity index (χ3n) is 34.8. The summed E-state index contributed by atoms with van der Waals surface area (Å²) in [6.45, 7) is 28.5. The van der Waals surface area contributed by atoms with Crippen molar-refractivity contribution in [2.45, 2.75) is 273 Å². The highest BCUT2D eigenvalue weighted by Gasteiger charge is 2.60. The molecule has 780 valence electrons. The Morgan fingerprint density at radius 3 is 1.17 bits per heavy atom. The van der Waals surface area contributed by atoms with Crippen LogP contribution in [0.15, 0.2) is 135 Å². The van der Waals surface area contributed by atoms with Crippen LogP contribution in [0.3, 0.4) is 0 Å². The van der Waals surface area contributed by atoms with Crippen molar-refractivity contribution in [3.8, 4) is 33.8 Å². The first-order valence-electron chi connectivity index (χ1n) is 53.7. The fourth-order valence-corrected chi connectivity index (χ4v) is 26.1. The van der Waals surface area contributed by atoms with E-state index >= 15 is 4.39 Å². The van der Waals surface area contributed by atoms with Crippen LogP contribution in [0.5, 0.6) is 0 Å². The SMILES string of the molecule is CC(=O)N1CCC2(CC1)C(=O)N(C1CC(N3CCCCC3)C1)c1cc(-c3cc4ncn(C(C)C)c4c(Nc4ccc(F)nc4F)n3)ccc12.CC(=O)N1CCC2(CC1)C(=O)N(C1CC(N3CCCCC3)C1)c1cc(-c3cc4ncn(C(C)C)c4c(Nc4ncc(F)cc4F)n3)ccc12.CC(C)n1cnc2cc(-c3ccc4c(c3)N(C3CC(N5CCCC(C)(F)C5)C3)C(=O)C43CCN(C4COC4)CC3)nc(Nc3ccncc3F)c21. The van der Waals surface area contributed by atoms with Gasteiger partial charge in [-0.1, -0.05) is 49.2 Å². The van der Waals surface area contributed by atoms with Gasteiger partial charge in [0, 0.05) is 147 Å². The number of ether oxygens (including phenoxy) is 1. The summed E-state index contributed by atoms with van der Waals surface area (Å²) in [5.41, 5.74) is 11.8. The van der Waals surface area contributed by atoms with Crippen LogP contribution in [-0.2, 0) is 45.0 Å². The normalized spacial score (nSPS) is 23.8. The number of carbonyl (C=O) groups is 5. The van der Waals surface area contributed by atoms with Gasteiger partial charge in [-0.05, 0) is 281 Å². The molecular weight excluding hydrogens is 1900 g/mol. The molecule has 1 unspecified atom stereocenters. The molecule has 149 heavy (non-hydrogen) atoms. The summed E-state index contributed by atoms with van der Waals surface area (Å²) in [7, 11) is 0. The summed E-state index contributed by atoms with van der Waals surface area (Å²) < 4.78 is 98.2. The minimum Gasteiger partial charge on any atom is -0.378 e. The average Bonchev–Trinajstić information content (AvgIpc) is 1.56. The Hall–Kier alpha value is -12.9. The fourth-order valence-electron chi connectivity index (χ4n) is 26.1. The highest BCUT2D eigenvalue weighted by Crippen LogP contribution is 2.58. The Morgan fingerprint density at radius 2 is 0.792 bits per heavy atom. The standard InChI is InChI=1S/C39H46F2N8O2.2C37H42F2N8O2/c1-24(2)48-23-43-33-18-32(45-36(35(33)48)44-31-7-11-42-19-30(31)40)25-5-6-29-34(15-25)49(27-16-26(17-27)47-12-4-8-38(3,41)22-47)37(50)39(29)9-13-46(14-10-39)28-20-51-21-28;1-22(2)46-21-41-31-19-30(42-35(33(31)46)43-34-29(39)16-25(38)20-40-34)24-7-8-28-32(15-24)47(27-17-26(18-27)45-11-5-4-6-12-45)36(49)37(28)9-13-44(14-10-37)23(3)48;1-22(2)46-21-40-30-20-29(42-35(33(30)46)41-28-9-10-32(38)43-34(28)39)24-7-8-27-31(17-24)47(26-18-25(19-26)45-13-5-4-6-14-45)36(49)37(27)11-15-44(16-12-37)23(3)48/h5-7,11,15,18-19,23-24,26-28H,4,8-10,12-14,16-17,20-22H2,1-3H3,(H,42,44,45);7-8,15-16,19-22,26-27H,4-6,9-14,17-18H2,1-3H3,(H,40,42,43);7-10,17,20-22,25-26H,4-6,11-16,18-19H2,1-3H3,(H,41,42). The van der Waals surface area contributed by atoms with Crippen molar-refractivity contribution in [1.29, 1.82) is 0 Å². The van der Waals surface area contributed by atoms with Gasteiger partial charge in [0.25, 0.3) is 0 Å². The zero-order valence-corrected chi connectivity index (χ0v) is 86.1. The van der Waals surface area contributed by atoms with Gasteiger partial charge in [0.15, 0.2) is 34.9 Å². The maximum atomic E-state index is 15.0. The van der Waals surface area contributed by atoms with Gasteiger partial charge >= 0.3 is 0 Å². The van der Waals surface area contributed by atoms with Crippen molar-refractivity contribution in [3.63, 3.8) is 0 Å². The molecule has 3 N–H and O–H groups in total. The molecule has 3 aromatic carbocycles. The van der Waals surface area contributed by atoms with Gasteiger partial charge in [-0.3, -0.25) is 38.8 Å². The van der Waals surface area contributed by atoms with Gasteiger partial charge in [0.1, 0.15) is 28.0 Å². The molecule has 1 atom stereocenters. The predicted octanol–water partition coefficient (Wildman–Crippen LogP) is 19.1. The summed E-state index contributed by atoms with van der Waals surface area (Å²) in [4.78, 5) is 129. The van der Waals surface area contributed by atoms with E-state index in [1.54, 1.807) is 52.0 Å². The summed E-state index contributed by atoms with van der Waals surface area (Å²) in [6, 6.07) is 31.4. The second kappa shape index (κ2) is 39.5. The van der Waals surface area contributed by atoms with Crippen LogP contribution in [0.1, 0.15) is 226 Å². The summed E-state index contributed by atoms with van der Waals surface area (Å²) in [5, 5.41) is 9.29. The zero-order valence-electron chi connectivity index (χ0n) is 86.1. The van der Waals surface area contributed by atoms with E-state index in [4.69, 9.17) is 24.7 Å². The third kappa shape index (κ3) is 18.1. The molecule has 3 spiro atoms. The number of carbonyl (C=O) groups excluding carboxylic acids is 5. The molecule has 7 saturated heterocycles. The van der Waals surface area contributed by atoms with Crippen LogP contribution < -0.4 is 30.7 Å². The minimum absolute atomic E-state index is 0.00155. The van der Waals surface area contributed by atoms with Gasteiger partial charge in [0.05, 0.1) is 112 Å². The molecule has 10 aliphatic heterocycles. The smallest absolute Gasteiger partial charge is 0.239 e. The molecule has 3 saturated carbocycles. The van der Waals surface area contributed by atoms with E-state index < -0.39 is 51.3 Å². The Morgan fingerprint density at radius 1 is 0.396 bits per heavy atom. The fraction of sp³-hybridized carbons (Fsp3) is 0.504. The number of rotatable bonds is 19.